The van der Waals surface area contributed by atoms with Gasteiger partial charge in [0, 0.05) is 24.4 Å². The number of benzene rings is 2. The van der Waals surface area contributed by atoms with Crippen molar-refractivity contribution in [3.63, 3.8) is 0 Å². The van der Waals surface area contributed by atoms with Gasteiger partial charge in [0.1, 0.15) is 11.9 Å². The Bertz CT molecular complexity index is 1350. The van der Waals surface area contributed by atoms with E-state index in [1.165, 1.54) is 23.0 Å². The van der Waals surface area contributed by atoms with E-state index in [0.717, 1.165) is 5.56 Å². The first kappa shape index (κ1) is 22.5. The Hall–Kier alpha value is -4.66. The van der Waals surface area contributed by atoms with Gasteiger partial charge in [-0.15, -0.1) is 0 Å². The molecule has 8 nitrogen and oxygen atoms in total. The quantitative estimate of drug-likeness (QED) is 0.394. The normalized spacial score (nSPS) is 11.6. The number of pyridine rings is 1. The van der Waals surface area contributed by atoms with Crippen LogP contribution in [0.4, 0.5) is 4.39 Å². The molecule has 0 bridgehead atoms. The summed E-state index contributed by atoms with van der Waals surface area (Å²) in [5.74, 6) is -2.95. The highest BCUT2D eigenvalue weighted by molar-refractivity contribution is 6.38. The maximum absolute atomic E-state index is 14.2. The van der Waals surface area contributed by atoms with Gasteiger partial charge >= 0.3 is 0 Å². The molecule has 2 amide bonds. The third-order valence-electron chi connectivity index (χ3n) is 5.13. The topological polar surface area (TPSA) is 120 Å². The molecule has 0 radical (unpaired) electrons. The molecule has 0 aliphatic rings. The second-order valence-corrected chi connectivity index (χ2v) is 7.44. The van der Waals surface area contributed by atoms with E-state index in [-0.39, 0.29) is 17.8 Å². The molecular formula is C25H20FN5O3. The van der Waals surface area contributed by atoms with Crippen molar-refractivity contribution >= 4 is 17.6 Å². The standard InChI is InChI=1S/C25H20FN5O3/c26-19-11-5-4-9-17(19)20-12-14-31(30-20)24-18(10-6-13-28-24)25(34)29-21(22(32)23(27)33)15-16-7-2-1-3-8-16/h1-14,21H,15H2,(H2,27,33)(H,29,34). The average molecular weight is 457 g/mol. The highest BCUT2D eigenvalue weighted by atomic mass is 19.1. The van der Waals surface area contributed by atoms with Crippen LogP contribution in [-0.2, 0) is 16.0 Å². The Morgan fingerprint density at radius 3 is 2.44 bits per heavy atom. The summed E-state index contributed by atoms with van der Waals surface area (Å²) in [7, 11) is 0. The second-order valence-electron chi connectivity index (χ2n) is 7.44. The number of Topliss-reactive ketones (excluding diaryl/α,β-unsaturated/α-hetero) is 1. The molecule has 4 aromatic rings. The van der Waals surface area contributed by atoms with Gasteiger partial charge in [0.25, 0.3) is 11.8 Å². The van der Waals surface area contributed by atoms with Crippen LogP contribution < -0.4 is 11.1 Å². The molecule has 1 unspecified atom stereocenters. The number of primary amides is 1. The summed E-state index contributed by atoms with van der Waals surface area (Å²) in [4.78, 5) is 41.4. The number of amides is 2. The monoisotopic (exact) mass is 457 g/mol. The molecule has 9 heteroatoms. The third-order valence-corrected chi connectivity index (χ3v) is 5.13. The van der Waals surface area contributed by atoms with Crippen molar-refractivity contribution in [3.8, 4) is 17.1 Å². The molecular weight excluding hydrogens is 437 g/mol. The Kier molecular flexibility index (Phi) is 6.54. The van der Waals surface area contributed by atoms with Crippen molar-refractivity contribution < 1.29 is 18.8 Å². The molecule has 0 fully saturated rings. The van der Waals surface area contributed by atoms with Crippen molar-refractivity contribution in [2.75, 3.05) is 0 Å². The van der Waals surface area contributed by atoms with E-state index in [1.807, 2.05) is 6.07 Å². The SMILES string of the molecule is NC(=O)C(=O)C(Cc1ccccc1)NC(=O)c1cccnc1-n1ccc(-c2ccccc2F)n1. The molecule has 2 aromatic carbocycles. The summed E-state index contributed by atoms with van der Waals surface area (Å²) >= 11 is 0. The molecule has 2 heterocycles. The van der Waals surface area contributed by atoms with Crippen LogP contribution in [-0.4, -0.2) is 38.4 Å². The number of halogens is 1. The van der Waals surface area contributed by atoms with Gasteiger partial charge in [-0.25, -0.2) is 14.1 Å². The molecule has 2 aromatic heterocycles. The van der Waals surface area contributed by atoms with Crippen LogP contribution in [0.5, 0.6) is 0 Å². The van der Waals surface area contributed by atoms with Crippen molar-refractivity contribution in [2.24, 2.45) is 5.73 Å². The van der Waals surface area contributed by atoms with Crippen LogP contribution in [0, 0.1) is 5.82 Å². The van der Waals surface area contributed by atoms with Crippen molar-refractivity contribution in [1.29, 1.82) is 0 Å². The summed E-state index contributed by atoms with van der Waals surface area (Å²) in [6.07, 6.45) is 3.12. The second kappa shape index (κ2) is 9.86. The summed E-state index contributed by atoms with van der Waals surface area (Å²) < 4.78 is 15.5. The first-order chi connectivity index (χ1) is 16.4. The zero-order valence-corrected chi connectivity index (χ0v) is 17.9. The molecule has 1 atom stereocenters. The first-order valence-corrected chi connectivity index (χ1v) is 10.4. The number of hydrogen-bond acceptors (Lipinski definition) is 5. The van der Waals surface area contributed by atoms with Gasteiger partial charge in [-0.2, -0.15) is 5.10 Å². The number of carbonyl (C=O) groups is 3. The highest BCUT2D eigenvalue weighted by Gasteiger charge is 2.27. The number of rotatable bonds is 8. The minimum atomic E-state index is -1.16. The minimum absolute atomic E-state index is 0.0865. The lowest BCUT2D eigenvalue weighted by atomic mass is 10.0. The lowest BCUT2D eigenvalue weighted by molar-refractivity contribution is -0.137. The van der Waals surface area contributed by atoms with Crippen LogP contribution in [0.25, 0.3) is 17.1 Å². The van der Waals surface area contributed by atoms with Gasteiger partial charge in [0.15, 0.2) is 5.82 Å². The van der Waals surface area contributed by atoms with E-state index in [9.17, 15) is 18.8 Å². The van der Waals surface area contributed by atoms with Gasteiger partial charge in [0.2, 0.25) is 5.78 Å². The van der Waals surface area contributed by atoms with E-state index in [2.05, 4.69) is 15.4 Å². The molecule has 0 aliphatic carbocycles. The van der Waals surface area contributed by atoms with Gasteiger partial charge in [0.05, 0.1) is 11.3 Å². The lowest BCUT2D eigenvalue weighted by Crippen LogP contribution is -2.47. The Morgan fingerprint density at radius 1 is 0.971 bits per heavy atom. The van der Waals surface area contributed by atoms with E-state index in [4.69, 9.17) is 5.73 Å². The number of ketones is 1. The van der Waals surface area contributed by atoms with Crippen LogP contribution in [0.2, 0.25) is 0 Å². The largest absolute Gasteiger partial charge is 0.363 e. The molecule has 0 aliphatic heterocycles. The predicted octanol–water partition coefficient (Wildman–Crippen LogP) is 2.47. The summed E-state index contributed by atoms with van der Waals surface area (Å²) in [5.41, 5.74) is 6.72. The Balaban J connectivity index is 1.63. The van der Waals surface area contributed by atoms with Crippen molar-refractivity contribution in [1.82, 2.24) is 20.1 Å². The van der Waals surface area contributed by atoms with Crippen LogP contribution >= 0.6 is 0 Å². The smallest absolute Gasteiger partial charge is 0.287 e. The predicted molar refractivity (Wildman–Crippen MR) is 122 cm³/mol. The van der Waals surface area contributed by atoms with Crippen molar-refractivity contribution in [3.05, 3.63) is 102 Å². The molecule has 34 heavy (non-hydrogen) atoms. The molecule has 170 valence electrons. The van der Waals surface area contributed by atoms with Gasteiger partial charge in [-0.05, 0) is 35.9 Å². The Labute approximate surface area is 194 Å². The summed E-state index contributed by atoms with van der Waals surface area (Å²) in [5, 5.41) is 6.95. The zero-order valence-electron chi connectivity index (χ0n) is 17.9. The summed E-state index contributed by atoms with van der Waals surface area (Å²) in [6, 6.07) is 18.6. The maximum atomic E-state index is 14.2. The van der Waals surface area contributed by atoms with Gasteiger partial charge in [-0.3, -0.25) is 14.4 Å². The van der Waals surface area contributed by atoms with E-state index >= 15 is 0 Å². The minimum Gasteiger partial charge on any atom is -0.363 e. The van der Waals surface area contributed by atoms with E-state index < -0.39 is 29.5 Å². The number of carbonyl (C=O) groups excluding carboxylic acids is 3. The fourth-order valence-corrected chi connectivity index (χ4v) is 3.48. The first-order valence-electron chi connectivity index (χ1n) is 10.4. The highest BCUT2D eigenvalue weighted by Crippen LogP contribution is 2.22. The third kappa shape index (κ3) is 4.88. The molecule has 4 rings (SSSR count). The fraction of sp³-hybridized carbons (Fsp3) is 0.0800. The maximum Gasteiger partial charge on any atom is 0.287 e. The number of aromatic nitrogens is 3. The van der Waals surface area contributed by atoms with Gasteiger partial charge in [-0.1, -0.05) is 42.5 Å². The van der Waals surface area contributed by atoms with Crippen LogP contribution in [0.3, 0.4) is 0 Å². The van der Waals surface area contributed by atoms with Crippen LogP contribution in [0.15, 0.2) is 85.2 Å². The molecule has 0 saturated carbocycles. The lowest BCUT2D eigenvalue weighted by Gasteiger charge is -2.17. The average Bonchev–Trinajstić information content (AvgIpc) is 3.34. The fourth-order valence-electron chi connectivity index (χ4n) is 3.48. The number of hydrogen-bond donors (Lipinski definition) is 2. The zero-order chi connectivity index (χ0) is 24.1. The number of nitrogens with zero attached hydrogens (tertiary/aromatic N) is 3. The van der Waals surface area contributed by atoms with Crippen LogP contribution in [0.1, 0.15) is 15.9 Å². The summed E-state index contributed by atoms with van der Waals surface area (Å²) in [6.45, 7) is 0. The molecule has 3 N–H and O–H groups in total. The number of nitrogens with two attached hydrogens (primary N) is 1. The Morgan fingerprint density at radius 2 is 1.71 bits per heavy atom. The van der Waals surface area contributed by atoms with E-state index in [0.29, 0.717) is 11.3 Å². The number of nitrogens with one attached hydrogen (secondary N) is 1. The van der Waals surface area contributed by atoms with E-state index in [1.54, 1.807) is 60.8 Å². The molecule has 0 spiro atoms. The van der Waals surface area contributed by atoms with Crippen molar-refractivity contribution in [2.45, 2.75) is 12.5 Å². The van der Waals surface area contributed by atoms with Gasteiger partial charge < -0.3 is 11.1 Å². The molecule has 0 saturated heterocycles.